The summed E-state index contributed by atoms with van der Waals surface area (Å²) in [5, 5.41) is 20.2. The minimum Gasteiger partial charge on any atom is -0.508 e. The number of anilines is 3. The van der Waals surface area contributed by atoms with E-state index in [9.17, 15) is 10.2 Å². The van der Waals surface area contributed by atoms with Crippen molar-refractivity contribution in [1.82, 2.24) is 0 Å². The molecule has 7 rings (SSSR count). The highest BCUT2D eigenvalue weighted by Gasteiger charge is 2.32. The molecule has 3 nitrogen and oxygen atoms in total. The average Bonchev–Trinajstić information content (AvgIpc) is 3.13. The zero-order valence-electron chi connectivity index (χ0n) is 26.2. The number of para-hydroxylation sites is 2. The standard InChI is InChI=1S/C44H35NO2/c1-44(35-22-28-38(46)29-23-35,36-24-30-39(47)31-25-36)34-20-26-37(27-21-34)45(42-18-10-8-16-40(42)32-12-4-2-5-13-32)43-19-11-9-17-41(43)33-14-6-3-7-15-33/h2-31,46-47H,1H3. The molecule has 0 spiro atoms. The zero-order chi connectivity index (χ0) is 32.2. The monoisotopic (exact) mass is 609 g/mol. The highest BCUT2D eigenvalue weighted by Crippen LogP contribution is 2.46. The second-order valence-electron chi connectivity index (χ2n) is 11.9. The molecule has 0 radical (unpaired) electrons. The van der Waals surface area contributed by atoms with Crippen molar-refractivity contribution >= 4 is 17.1 Å². The molecule has 2 N–H and O–H groups in total. The number of phenolic OH excluding ortho intramolecular Hbond substituents is 2. The van der Waals surface area contributed by atoms with Crippen molar-refractivity contribution in [3.63, 3.8) is 0 Å². The number of hydrogen-bond acceptors (Lipinski definition) is 3. The zero-order valence-corrected chi connectivity index (χ0v) is 26.2. The van der Waals surface area contributed by atoms with Crippen LogP contribution in [0.1, 0.15) is 23.6 Å². The molecule has 7 aromatic carbocycles. The highest BCUT2D eigenvalue weighted by molar-refractivity contribution is 5.93. The molecule has 0 heterocycles. The van der Waals surface area contributed by atoms with Crippen LogP contribution in [0.25, 0.3) is 22.3 Å². The van der Waals surface area contributed by atoms with Crippen molar-refractivity contribution < 1.29 is 10.2 Å². The van der Waals surface area contributed by atoms with Crippen LogP contribution in [0.3, 0.4) is 0 Å². The Morgan fingerprint density at radius 2 is 0.723 bits per heavy atom. The molecule has 0 saturated heterocycles. The van der Waals surface area contributed by atoms with E-state index in [1.807, 2.05) is 36.4 Å². The fraction of sp³-hybridized carbons (Fsp3) is 0.0455. The van der Waals surface area contributed by atoms with Crippen LogP contribution >= 0.6 is 0 Å². The van der Waals surface area contributed by atoms with Gasteiger partial charge in [0, 0.05) is 22.2 Å². The molecule has 0 bridgehead atoms. The number of nitrogens with zero attached hydrogens (tertiary/aromatic N) is 1. The summed E-state index contributed by atoms with van der Waals surface area (Å²) in [7, 11) is 0. The minimum absolute atomic E-state index is 0.224. The van der Waals surface area contributed by atoms with E-state index in [1.165, 1.54) is 0 Å². The number of benzene rings is 7. The van der Waals surface area contributed by atoms with Crippen LogP contribution in [-0.4, -0.2) is 10.2 Å². The Morgan fingerprint density at radius 1 is 0.383 bits per heavy atom. The van der Waals surface area contributed by atoms with Crippen molar-refractivity contribution in [2.45, 2.75) is 12.3 Å². The van der Waals surface area contributed by atoms with Crippen LogP contribution in [0, 0.1) is 0 Å². The van der Waals surface area contributed by atoms with Crippen LogP contribution in [-0.2, 0) is 5.41 Å². The average molecular weight is 610 g/mol. The van der Waals surface area contributed by atoms with Crippen LogP contribution in [0.4, 0.5) is 17.1 Å². The lowest BCUT2D eigenvalue weighted by molar-refractivity contribution is 0.474. The summed E-state index contributed by atoms with van der Waals surface area (Å²) in [6.07, 6.45) is 0. The Morgan fingerprint density at radius 3 is 1.13 bits per heavy atom. The Hall–Kier alpha value is -6.06. The first-order chi connectivity index (χ1) is 23.0. The van der Waals surface area contributed by atoms with E-state index in [0.717, 1.165) is 56.0 Å². The van der Waals surface area contributed by atoms with Crippen molar-refractivity contribution in [3.8, 4) is 33.8 Å². The molecular formula is C44H35NO2. The fourth-order valence-corrected chi connectivity index (χ4v) is 6.50. The Kier molecular flexibility index (Phi) is 8.04. The first-order valence-corrected chi connectivity index (χ1v) is 15.8. The van der Waals surface area contributed by atoms with Gasteiger partial charge in [-0.1, -0.05) is 133 Å². The summed E-state index contributed by atoms with van der Waals surface area (Å²) in [4.78, 5) is 2.35. The molecule has 0 atom stereocenters. The molecule has 7 aromatic rings. The van der Waals surface area contributed by atoms with Crippen molar-refractivity contribution in [3.05, 3.63) is 199 Å². The van der Waals surface area contributed by atoms with Crippen molar-refractivity contribution in [2.24, 2.45) is 0 Å². The van der Waals surface area contributed by atoms with Crippen LogP contribution < -0.4 is 4.90 Å². The summed E-state index contributed by atoms with van der Waals surface area (Å²) >= 11 is 0. The molecule has 228 valence electrons. The van der Waals surface area contributed by atoms with Gasteiger partial charge in [-0.3, -0.25) is 0 Å². The molecule has 0 unspecified atom stereocenters. The molecule has 0 fully saturated rings. The summed E-state index contributed by atoms with van der Waals surface area (Å²) in [5.41, 5.74) is 10.4. The molecule has 3 heteroatoms. The van der Waals surface area contributed by atoms with Gasteiger partial charge < -0.3 is 15.1 Å². The maximum Gasteiger partial charge on any atom is 0.115 e. The van der Waals surface area contributed by atoms with Crippen LogP contribution in [0.5, 0.6) is 11.5 Å². The Balaban J connectivity index is 1.42. The van der Waals surface area contributed by atoms with E-state index in [4.69, 9.17) is 0 Å². The largest absolute Gasteiger partial charge is 0.508 e. The van der Waals surface area contributed by atoms with E-state index in [0.29, 0.717) is 0 Å². The molecule has 0 aliphatic carbocycles. The van der Waals surface area contributed by atoms with Gasteiger partial charge in [0.25, 0.3) is 0 Å². The Labute approximate surface area is 276 Å². The summed E-state index contributed by atoms with van der Waals surface area (Å²) < 4.78 is 0. The van der Waals surface area contributed by atoms with E-state index in [1.54, 1.807) is 24.3 Å². The third-order valence-corrected chi connectivity index (χ3v) is 9.05. The maximum absolute atomic E-state index is 10.1. The van der Waals surface area contributed by atoms with Crippen LogP contribution in [0.15, 0.2) is 182 Å². The van der Waals surface area contributed by atoms with Gasteiger partial charge in [0.15, 0.2) is 0 Å². The van der Waals surface area contributed by atoms with Gasteiger partial charge in [-0.05, 0) is 83.3 Å². The molecule has 0 saturated carbocycles. The first kappa shape index (κ1) is 29.6. The second kappa shape index (κ2) is 12.7. The quantitative estimate of drug-likeness (QED) is 0.168. The third kappa shape index (κ3) is 5.76. The van der Waals surface area contributed by atoms with Crippen molar-refractivity contribution in [2.75, 3.05) is 4.90 Å². The van der Waals surface area contributed by atoms with Gasteiger partial charge in [-0.25, -0.2) is 0 Å². The lowest BCUT2D eigenvalue weighted by Crippen LogP contribution is -2.25. The first-order valence-electron chi connectivity index (χ1n) is 15.8. The van der Waals surface area contributed by atoms with E-state index in [2.05, 4.69) is 133 Å². The number of aromatic hydroxyl groups is 2. The third-order valence-electron chi connectivity index (χ3n) is 9.05. The summed E-state index contributed by atoms with van der Waals surface area (Å²) in [6, 6.07) is 61.7. The van der Waals surface area contributed by atoms with Crippen LogP contribution in [0.2, 0.25) is 0 Å². The van der Waals surface area contributed by atoms with Gasteiger partial charge in [-0.2, -0.15) is 0 Å². The smallest absolute Gasteiger partial charge is 0.115 e. The second-order valence-corrected chi connectivity index (χ2v) is 11.9. The predicted molar refractivity (Wildman–Crippen MR) is 194 cm³/mol. The molecule has 0 aromatic heterocycles. The Bertz CT molecular complexity index is 1960. The lowest BCUT2D eigenvalue weighted by Gasteiger charge is -2.33. The van der Waals surface area contributed by atoms with Gasteiger partial charge >= 0.3 is 0 Å². The predicted octanol–water partition coefficient (Wildman–Crippen LogP) is 11.3. The number of rotatable bonds is 8. The van der Waals surface area contributed by atoms with E-state index in [-0.39, 0.29) is 11.5 Å². The molecular weight excluding hydrogens is 574 g/mol. The van der Waals surface area contributed by atoms with Gasteiger partial charge in [0.05, 0.1) is 11.4 Å². The topological polar surface area (TPSA) is 43.7 Å². The van der Waals surface area contributed by atoms with E-state index >= 15 is 0 Å². The number of phenols is 2. The van der Waals surface area contributed by atoms with E-state index < -0.39 is 5.41 Å². The van der Waals surface area contributed by atoms with Gasteiger partial charge in [-0.15, -0.1) is 0 Å². The molecule has 0 aliphatic rings. The molecule has 0 aliphatic heterocycles. The van der Waals surface area contributed by atoms with Gasteiger partial charge in [0.2, 0.25) is 0 Å². The van der Waals surface area contributed by atoms with Crippen molar-refractivity contribution in [1.29, 1.82) is 0 Å². The minimum atomic E-state index is -0.547. The summed E-state index contributed by atoms with van der Waals surface area (Å²) in [6.45, 7) is 2.19. The van der Waals surface area contributed by atoms with Gasteiger partial charge in [0.1, 0.15) is 11.5 Å². The fourth-order valence-electron chi connectivity index (χ4n) is 6.50. The summed E-state index contributed by atoms with van der Waals surface area (Å²) in [5.74, 6) is 0.448. The highest BCUT2D eigenvalue weighted by atomic mass is 16.3. The molecule has 0 amide bonds. The number of hydrogen-bond donors (Lipinski definition) is 2. The lowest BCUT2D eigenvalue weighted by atomic mass is 9.71. The normalized spacial score (nSPS) is 11.3. The molecule has 47 heavy (non-hydrogen) atoms. The maximum atomic E-state index is 10.1. The SMILES string of the molecule is CC(c1ccc(O)cc1)(c1ccc(O)cc1)c1ccc(N(c2ccccc2-c2ccccc2)c2ccccc2-c2ccccc2)cc1.